The summed E-state index contributed by atoms with van der Waals surface area (Å²) in [5.41, 5.74) is 2.70. The summed E-state index contributed by atoms with van der Waals surface area (Å²) in [7, 11) is 0. The third-order valence-corrected chi connectivity index (χ3v) is 4.88. The first-order chi connectivity index (χ1) is 9.74. The van der Waals surface area contributed by atoms with Gasteiger partial charge in [-0.05, 0) is 69.0 Å². The van der Waals surface area contributed by atoms with Crippen LogP contribution in [0.4, 0.5) is 0 Å². The van der Waals surface area contributed by atoms with Crippen molar-refractivity contribution in [3.05, 3.63) is 29.3 Å². The standard InChI is InChI=1S/C17H26N2O/c1-13(19-9-3-2-4-10-19)12-18-17-8-5-14-11-15(20)6-7-16(14)17/h6-7,11,13,17-18,20H,2-5,8-10,12H2,1H3. The molecule has 0 spiro atoms. The molecule has 0 bridgehead atoms. The van der Waals surface area contributed by atoms with E-state index in [1.54, 1.807) is 0 Å². The van der Waals surface area contributed by atoms with Gasteiger partial charge in [-0.15, -0.1) is 0 Å². The third-order valence-electron chi connectivity index (χ3n) is 4.88. The lowest BCUT2D eigenvalue weighted by Gasteiger charge is -2.33. The van der Waals surface area contributed by atoms with Gasteiger partial charge in [-0.25, -0.2) is 0 Å². The molecule has 110 valence electrons. The normalized spacial score (nSPS) is 24.6. The average Bonchev–Trinajstić information content (AvgIpc) is 2.88. The first kappa shape index (κ1) is 13.9. The van der Waals surface area contributed by atoms with Crippen molar-refractivity contribution < 1.29 is 5.11 Å². The molecule has 0 saturated carbocycles. The molecule has 1 aliphatic heterocycles. The fraction of sp³-hybridized carbons (Fsp3) is 0.647. The number of nitrogens with one attached hydrogen (secondary N) is 1. The van der Waals surface area contributed by atoms with E-state index in [4.69, 9.17) is 0 Å². The summed E-state index contributed by atoms with van der Waals surface area (Å²) >= 11 is 0. The van der Waals surface area contributed by atoms with Crippen LogP contribution in [0.25, 0.3) is 0 Å². The number of phenols is 1. The second-order valence-corrected chi connectivity index (χ2v) is 6.33. The summed E-state index contributed by atoms with van der Waals surface area (Å²) in [4.78, 5) is 2.61. The quantitative estimate of drug-likeness (QED) is 0.886. The molecular weight excluding hydrogens is 248 g/mol. The lowest BCUT2D eigenvalue weighted by Crippen LogP contribution is -2.43. The van der Waals surface area contributed by atoms with E-state index in [2.05, 4.69) is 23.2 Å². The molecule has 20 heavy (non-hydrogen) atoms. The van der Waals surface area contributed by atoms with Crippen LogP contribution in [0.1, 0.15) is 49.8 Å². The zero-order valence-electron chi connectivity index (χ0n) is 12.4. The van der Waals surface area contributed by atoms with Crippen LogP contribution in [0.2, 0.25) is 0 Å². The number of piperidine rings is 1. The van der Waals surface area contributed by atoms with Gasteiger partial charge in [-0.1, -0.05) is 12.5 Å². The van der Waals surface area contributed by atoms with Gasteiger partial charge in [0.1, 0.15) is 5.75 Å². The summed E-state index contributed by atoms with van der Waals surface area (Å²) < 4.78 is 0. The zero-order chi connectivity index (χ0) is 13.9. The van der Waals surface area contributed by atoms with Crippen molar-refractivity contribution in [1.29, 1.82) is 0 Å². The van der Waals surface area contributed by atoms with E-state index in [0.717, 1.165) is 19.4 Å². The van der Waals surface area contributed by atoms with Crippen LogP contribution in [-0.2, 0) is 6.42 Å². The van der Waals surface area contributed by atoms with Crippen molar-refractivity contribution in [2.45, 2.75) is 51.1 Å². The molecule has 0 amide bonds. The van der Waals surface area contributed by atoms with Crippen molar-refractivity contribution in [2.24, 2.45) is 0 Å². The van der Waals surface area contributed by atoms with Gasteiger partial charge in [-0.3, -0.25) is 4.90 Å². The smallest absolute Gasteiger partial charge is 0.115 e. The molecular formula is C17H26N2O. The van der Waals surface area contributed by atoms with Gasteiger partial charge in [0.25, 0.3) is 0 Å². The number of fused-ring (bicyclic) bond motifs is 1. The number of benzene rings is 1. The second-order valence-electron chi connectivity index (χ2n) is 6.33. The molecule has 0 radical (unpaired) electrons. The van der Waals surface area contributed by atoms with Crippen LogP contribution >= 0.6 is 0 Å². The number of hydrogen-bond donors (Lipinski definition) is 2. The Morgan fingerprint density at radius 2 is 2.10 bits per heavy atom. The molecule has 0 aromatic heterocycles. The van der Waals surface area contributed by atoms with Gasteiger partial charge in [0.05, 0.1) is 0 Å². The fourth-order valence-corrected chi connectivity index (χ4v) is 3.62. The monoisotopic (exact) mass is 274 g/mol. The Balaban J connectivity index is 1.55. The molecule has 3 rings (SSSR count). The summed E-state index contributed by atoms with van der Waals surface area (Å²) in [6, 6.07) is 6.91. The molecule has 1 aromatic carbocycles. The molecule has 2 atom stereocenters. The van der Waals surface area contributed by atoms with Crippen molar-refractivity contribution in [3.63, 3.8) is 0 Å². The van der Waals surface area contributed by atoms with Crippen LogP contribution in [-0.4, -0.2) is 35.7 Å². The Morgan fingerprint density at radius 1 is 1.30 bits per heavy atom. The SMILES string of the molecule is CC(CNC1CCc2cc(O)ccc21)N1CCCCC1. The molecule has 2 aliphatic rings. The highest BCUT2D eigenvalue weighted by molar-refractivity contribution is 5.40. The largest absolute Gasteiger partial charge is 0.508 e. The number of nitrogens with zero attached hydrogens (tertiary/aromatic N) is 1. The summed E-state index contributed by atoms with van der Waals surface area (Å²) in [5.74, 6) is 0.395. The van der Waals surface area contributed by atoms with Gasteiger partial charge < -0.3 is 10.4 Å². The van der Waals surface area contributed by atoms with Crippen LogP contribution in [0, 0.1) is 0 Å². The zero-order valence-corrected chi connectivity index (χ0v) is 12.4. The maximum Gasteiger partial charge on any atom is 0.115 e. The van der Waals surface area contributed by atoms with Crippen molar-refractivity contribution in [1.82, 2.24) is 10.2 Å². The maximum absolute atomic E-state index is 9.54. The molecule has 2 N–H and O–H groups in total. The van der Waals surface area contributed by atoms with E-state index in [1.807, 2.05) is 12.1 Å². The highest BCUT2D eigenvalue weighted by Crippen LogP contribution is 2.33. The highest BCUT2D eigenvalue weighted by atomic mass is 16.3. The molecule has 1 saturated heterocycles. The fourth-order valence-electron chi connectivity index (χ4n) is 3.62. The first-order valence-corrected chi connectivity index (χ1v) is 8.03. The molecule has 2 unspecified atom stereocenters. The Morgan fingerprint density at radius 3 is 2.90 bits per heavy atom. The van der Waals surface area contributed by atoms with E-state index in [1.165, 1.54) is 43.5 Å². The maximum atomic E-state index is 9.54. The minimum absolute atomic E-state index is 0.395. The minimum atomic E-state index is 0.395. The first-order valence-electron chi connectivity index (χ1n) is 8.03. The molecule has 1 fully saturated rings. The van der Waals surface area contributed by atoms with Crippen LogP contribution < -0.4 is 5.32 Å². The van der Waals surface area contributed by atoms with E-state index < -0.39 is 0 Å². The molecule has 1 aromatic rings. The number of aryl methyl sites for hydroxylation is 1. The number of phenolic OH excluding ortho intramolecular Hbond substituents is 1. The number of rotatable bonds is 4. The van der Waals surface area contributed by atoms with Gasteiger partial charge in [0.2, 0.25) is 0 Å². The predicted molar refractivity (Wildman–Crippen MR) is 82.1 cm³/mol. The number of hydrogen-bond acceptors (Lipinski definition) is 3. The summed E-state index contributed by atoms with van der Waals surface area (Å²) in [6.45, 7) is 5.92. The Hall–Kier alpha value is -1.06. The Bertz CT molecular complexity index is 454. The summed E-state index contributed by atoms with van der Waals surface area (Å²) in [5, 5.41) is 13.3. The Labute approximate surface area is 122 Å². The van der Waals surface area contributed by atoms with Gasteiger partial charge >= 0.3 is 0 Å². The van der Waals surface area contributed by atoms with Gasteiger partial charge in [-0.2, -0.15) is 0 Å². The average molecular weight is 274 g/mol. The van der Waals surface area contributed by atoms with Crippen LogP contribution in [0.3, 0.4) is 0 Å². The Kier molecular flexibility index (Phi) is 4.27. The lowest BCUT2D eigenvalue weighted by atomic mass is 10.1. The third kappa shape index (κ3) is 2.99. The van der Waals surface area contributed by atoms with Crippen molar-refractivity contribution >= 4 is 0 Å². The van der Waals surface area contributed by atoms with E-state index in [0.29, 0.717) is 17.8 Å². The second kappa shape index (κ2) is 6.15. The number of aromatic hydroxyl groups is 1. The van der Waals surface area contributed by atoms with Crippen molar-refractivity contribution in [2.75, 3.05) is 19.6 Å². The molecule has 3 heteroatoms. The topological polar surface area (TPSA) is 35.5 Å². The van der Waals surface area contributed by atoms with E-state index >= 15 is 0 Å². The van der Waals surface area contributed by atoms with Crippen LogP contribution in [0.15, 0.2) is 18.2 Å². The highest BCUT2D eigenvalue weighted by Gasteiger charge is 2.24. The molecule has 1 heterocycles. The van der Waals surface area contributed by atoms with Crippen molar-refractivity contribution in [3.8, 4) is 5.75 Å². The molecule has 1 aliphatic carbocycles. The number of likely N-dealkylation sites (tertiary alicyclic amines) is 1. The van der Waals surface area contributed by atoms with E-state index in [9.17, 15) is 5.11 Å². The minimum Gasteiger partial charge on any atom is -0.508 e. The van der Waals surface area contributed by atoms with Gasteiger partial charge in [0, 0.05) is 18.6 Å². The predicted octanol–water partition coefficient (Wildman–Crippen LogP) is 2.84. The molecule has 3 nitrogen and oxygen atoms in total. The van der Waals surface area contributed by atoms with Gasteiger partial charge in [0.15, 0.2) is 0 Å². The van der Waals surface area contributed by atoms with Crippen LogP contribution in [0.5, 0.6) is 5.75 Å². The lowest BCUT2D eigenvalue weighted by molar-refractivity contribution is 0.168. The summed E-state index contributed by atoms with van der Waals surface area (Å²) in [6.07, 6.45) is 6.35. The van der Waals surface area contributed by atoms with E-state index in [-0.39, 0.29) is 0 Å².